The maximum Gasteiger partial charge on any atom is 0.0611 e. The molecule has 2 aromatic rings. The smallest absolute Gasteiger partial charge is 0.0611 e. The van der Waals surface area contributed by atoms with Crippen LogP contribution in [0.3, 0.4) is 0 Å². The van der Waals surface area contributed by atoms with Crippen molar-refractivity contribution in [3.63, 3.8) is 0 Å². The molecule has 0 aliphatic rings. The van der Waals surface area contributed by atoms with Crippen molar-refractivity contribution in [3.05, 3.63) is 39.3 Å². The van der Waals surface area contributed by atoms with Crippen molar-refractivity contribution >= 4 is 11.3 Å². The minimum atomic E-state index is 0.162. The van der Waals surface area contributed by atoms with Gasteiger partial charge < -0.3 is 0 Å². The summed E-state index contributed by atoms with van der Waals surface area (Å²) in [5, 5.41) is 6.51. The van der Waals surface area contributed by atoms with Gasteiger partial charge in [-0.05, 0) is 36.4 Å². The molecule has 0 saturated heterocycles. The Morgan fingerprint density at radius 2 is 2.33 bits per heavy atom. The number of thiophene rings is 1. The highest BCUT2D eigenvalue weighted by Crippen LogP contribution is 2.27. The van der Waals surface area contributed by atoms with Crippen molar-refractivity contribution in [2.45, 2.75) is 32.7 Å². The predicted octanol–water partition coefficient (Wildman–Crippen LogP) is 2.10. The van der Waals surface area contributed by atoms with Crippen molar-refractivity contribution in [3.8, 4) is 0 Å². The summed E-state index contributed by atoms with van der Waals surface area (Å²) in [5.41, 5.74) is 6.56. The Bertz CT molecular complexity index is 515. The van der Waals surface area contributed by atoms with E-state index in [4.69, 9.17) is 5.84 Å². The summed E-state index contributed by atoms with van der Waals surface area (Å²) < 4.78 is 1.93. The largest absolute Gasteiger partial charge is 0.272 e. The van der Waals surface area contributed by atoms with Crippen LogP contribution in [-0.2, 0) is 19.9 Å². The van der Waals surface area contributed by atoms with Crippen LogP contribution in [0.2, 0.25) is 0 Å². The average Bonchev–Trinajstić information content (AvgIpc) is 2.92. The molecule has 2 rings (SSSR count). The highest BCUT2D eigenvalue weighted by Gasteiger charge is 2.17. The molecule has 2 heterocycles. The number of nitrogens with one attached hydrogen (secondary N) is 1. The first-order valence-electron chi connectivity index (χ1n) is 6.17. The highest BCUT2D eigenvalue weighted by atomic mass is 32.1. The van der Waals surface area contributed by atoms with E-state index in [1.807, 2.05) is 18.7 Å². The first-order valence-corrected chi connectivity index (χ1v) is 7.05. The minimum absolute atomic E-state index is 0.162. The first-order chi connectivity index (χ1) is 8.65. The second-order valence-corrected chi connectivity index (χ2v) is 5.44. The Kier molecular flexibility index (Phi) is 4.16. The molecule has 5 heteroatoms. The second kappa shape index (κ2) is 5.65. The van der Waals surface area contributed by atoms with E-state index in [-0.39, 0.29) is 6.04 Å². The molecule has 0 saturated carbocycles. The van der Waals surface area contributed by atoms with Crippen LogP contribution in [0.4, 0.5) is 0 Å². The molecule has 1 unspecified atom stereocenters. The Hall–Kier alpha value is -1.17. The monoisotopic (exact) mass is 264 g/mol. The summed E-state index contributed by atoms with van der Waals surface area (Å²) >= 11 is 1.77. The van der Waals surface area contributed by atoms with Crippen LogP contribution in [0.25, 0.3) is 0 Å². The zero-order valence-corrected chi connectivity index (χ0v) is 11.9. The number of nitrogens with zero attached hydrogens (tertiary/aromatic N) is 2. The Morgan fingerprint density at radius 3 is 2.89 bits per heavy atom. The molecule has 0 aliphatic carbocycles. The SMILES string of the molecule is CCc1ccsc1C(Cc1cc(C)nn1C)NN. The van der Waals surface area contributed by atoms with Gasteiger partial charge in [-0.2, -0.15) is 5.10 Å². The van der Waals surface area contributed by atoms with Crippen LogP contribution in [-0.4, -0.2) is 9.78 Å². The summed E-state index contributed by atoms with van der Waals surface area (Å²) in [4.78, 5) is 1.33. The van der Waals surface area contributed by atoms with E-state index < -0.39 is 0 Å². The molecule has 0 aliphatic heterocycles. The van der Waals surface area contributed by atoms with Crippen LogP contribution in [0.1, 0.15) is 34.8 Å². The van der Waals surface area contributed by atoms with E-state index in [9.17, 15) is 0 Å². The number of nitrogens with two attached hydrogens (primary N) is 1. The molecular formula is C13H20N4S. The van der Waals surface area contributed by atoms with Crippen LogP contribution in [0, 0.1) is 6.92 Å². The van der Waals surface area contributed by atoms with Gasteiger partial charge in [0, 0.05) is 24.0 Å². The Labute approximate surface area is 112 Å². The third-order valence-corrected chi connectivity index (χ3v) is 4.26. The third-order valence-electron chi connectivity index (χ3n) is 3.19. The molecule has 98 valence electrons. The zero-order valence-electron chi connectivity index (χ0n) is 11.1. The highest BCUT2D eigenvalue weighted by molar-refractivity contribution is 7.10. The molecule has 1 atom stereocenters. The van der Waals surface area contributed by atoms with Crippen molar-refractivity contribution < 1.29 is 0 Å². The number of hydrazine groups is 1. The lowest BCUT2D eigenvalue weighted by molar-refractivity contribution is 0.534. The fraction of sp³-hybridized carbons (Fsp3) is 0.462. The van der Waals surface area contributed by atoms with Crippen LogP contribution in [0.5, 0.6) is 0 Å². The van der Waals surface area contributed by atoms with Crippen molar-refractivity contribution in [2.24, 2.45) is 12.9 Å². The molecule has 2 aromatic heterocycles. The van der Waals surface area contributed by atoms with E-state index in [1.165, 1.54) is 16.1 Å². The number of aryl methyl sites for hydroxylation is 3. The lowest BCUT2D eigenvalue weighted by Crippen LogP contribution is -2.30. The molecule has 0 aromatic carbocycles. The van der Waals surface area contributed by atoms with Crippen LogP contribution in [0.15, 0.2) is 17.5 Å². The maximum absolute atomic E-state index is 5.72. The topological polar surface area (TPSA) is 55.9 Å². The Morgan fingerprint density at radius 1 is 1.56 bits per heavy atom. The molecule has 18 heavy (non-hydrogen) atoms. The summed E-state index contributed by atoms with van der Waals surface area (Å²) in [6, 6.07) is 4.46. The predicted molar refractivity (Wildman–Crippen MR) is 75.4 cm³/mol. The molecule has 0 radical (unpaired) electrons. The summed E-state index contributed by atoms with van der Waals surface area (Å²) in [6.45, 7) is 4.18. The van der Waals surface area contributed by atoms with Gasteiger partial charge in [-0.15, -0.1) is 11.3 Å². The lowest BCUT2D eigenvalue weighted by atomic mass is 10.1. The fourth-order valence-corrected chi connectivity index (χ4v) is 3.30. The van der Waals surface area contributed by atoms with E-state index in [2.05, 4.69) is 35.0 Å². The summed E-state index contributed by atoms with van der Waals surface area (Å²) in [5.74, 6) is 5.72. The standard InChI is InChI=1S/C13H20N4S/c1-4-10-5-6-18-13(10)12(15-14)8-11-7-9(2)16-17(11)3/h5-7,12,15H,4,8,14H2,1-3H3. The molecule has 0 fully saturated rings. The van der Waals surface area contributed by atoms with E-state index in [1.54, 1.807) is 11.3 Å². The minimum Gasteiger partial charge on any atom is -0.272 e. The second-order valence-electron chi connectivity index (χ2n) is 4.49. The van der Waals surface area contributed by atoms with Gasteiger partial charge in [-0.25, -0.2) is 0 Å². The number of hydrogen-bond acceptors (Lipinski definition) is 4. The molecule has 4 nitrogen and oxygen atoms in total. The summed E-state index contributed by atoms with van der Waals surface area (Å²) in [7, 11) is 1.98. The van der Waals surface area contributed by atoms with Gasteiger partial charge in [0.2, 0.25) is 0 Å². The molecule has 0 spiro atoms. The third kappa shape index (κ3) is 2.63. The van der Waals surface area contributed by atoms with Crippen molar-refractivity contribution in [1.29, 1.82) is 0 Å². The quantitative estimate of drug-likeness (QED) is 0.642. The van der Waals surface area contributed by atoms with E-state index in [0.29, 0.717) is 0 Å². The normalized spacial score (nSPS) is 12.9. The number of rotatable bonds is 5. The number of aromatic nitrogens is 2. The molecular weight excluding hydrogens is 244 g/mol. The van der Waals surface area contributed by atoms with E-state index >= 15 is 0 Å². The van der Waals surface area contributed by atoms with Crippen molar-refractivity contribution in [2.75, 3.05) is 0 Å². The lowest BCUT2D eigenvalue weighted by Gasteiger charge is -2.16. The van der Waals surface area contributed by atoms with E-state index in [0.717, 1.165) is 18.5 Å². The van der Waals surface area contributed by atoms with Crippen LogP contribution >= 0.6 is 11.3 Å². The fourth-order valence-electron chi connectivity index (χ4n) is 2.24. The molecule has 3 N–H and O–H groups in total. The van der Waals surface area contributed by atoms with Gasteiger partial charge in [-0.1, -0.05) is 6.92 Å². The van der Waals surface area contributed by atoms with Crippen molar-refractivity contribution in [1.82, 2.24) is 15.2 Å². The molecule has 0 amide bonds. The van der Waals surface area contributed by atoms with Gasteiger partial charge in [0.25, 0.3) is 0 Å². The van der Waals surface area contributed by atoms with Gasteiger partial charge in [0.15, 0.2) is 0 Å². The first kappa shape index (κ1) is 13.3. The van der Waals surface area contributed by atoms with Gasteiger partial charge in [-0.3, -0.25) is 16.0 Å². The van der Waals surface area contributed by atoms with Gasteiger partial charge in [0.05, 0.1) is 11.7 Å². The van der Waals surface area contributed by atoms with Gasteiger partial charge in [0.1, 0.15) is 0 Å². The maximum atomic E-state index is 5.72. The number of hydrogen-bond donors (Lipinski definition) is 2. The van der Waals surface area contributed by atoms with Gasteiger partial charge >= 0.3 is 0 Å². The van der Waals surface area contributed by atoms with Crippen LogP contribution < -0.4 is 11.3 Å². The Balaban J connectivity index is 2.22. The molecule has 0 bridgehead atoms. The zero-order chi connectivity index (χ0) is 13.1. The average molecular weight is 264 g/mol. The summed E-state index contributed by atoms with van der Waals surface area (Å²) in [6.07, 6.45) is 1.91.